The van der Waals surface area contributed by atoms with Crippen molar-refractivity contribution in [1.82, 2.24) is 14.3 Å². The van der Waals surface area contributed by atoms with Crippen LogP contribution in [0.15, 0.2) is 46.0 Å². The molecule has 8 heteroatoms. The van der Waals surface area contributed by atoms with Gasteiger partial charge in [0.15, 0.2) is 10.4 Å². The van der Waals surface area contributed by atoms with Gasteiger partial charge in [-0.1, -0.05) is 15.5 Å². The number of benzene rings is 1. The predicted octanol–water partition coefficient (Wildman–Crippen LogP) is 3.48. The van der Waals surface area contributed by atoms with Crippen LogP contribution in [0.1, 0.15) is 17.1 Å². The Labute approximate surface area is 163 Å². The molecule has 0 spiro atoms. The van der Waals surface area contributed by atoms with Gasteiger partial charge in [-0.25, -0.2) is 9.97 Å². The van der Waals surface area contributed by atoms with Gasteiger partial charge in [0.05, 0.1) is 31.6 Å². The summed E-state index contributed by atoms with van der Waals surface area (Å²) in [5.41, 5.74) is 3.50. The summed E-state index contributed by atoms with van der Waals surface area (Å²) in [7, 11) is -1.88. The molecule has 1 aromatic carbocycles. The number of fused-ring (bicyclic) bond motifs is 1. The van der Waals surface area contributed by atoms with E-state index in [4.69, 9.17) is 4.74 Å². The van der Waals surface area contributed by atoms with E-state index in [0.29, 0.717) is 23.0 Å². The lowest BCUT2D eigenvalue weighted by Gasteiger charge is -2.31. The average Bonchev–Trinajstić information content (AvgIpc) is 3.23. The Balaban J connectivity index is 1.75. The van der Waals surface area contributed by atoms with Crippen molar-refractivity contribution >= 4 is 21.7 Å². The van der Waals surface area contributed by atoms with Crippen molar-refractivity contribution in [2.75, 3.05) is 13.7 Å². The van der Waals surface area contributed by atoms with E-state index in [1.165, 1.54) is 15.6 Å². The monoisotopic (exact) mass is 401 g/mol. The van der Waals surface area contributed by atoms with E-state index in [1.54, 1.807) is 24.6 Å². The number of thiophene rings is 1. The third kappa shape index (κ3) is 3.41. The van der Waals surface area contributed by atoms with Gasteiger partial charge in [-0.2, -0.15) is 0 Å². The largest absolute Gasteiger partial charge is 0.592 e. The van der Waals surface area contributed by atoms with Gasteiger partial charge in [-0.15, -0.1) is 4.31 Å². The van der Waals surface area contributed by atoms with Crippen LogP contribution < -0.4 is 4.74 Å². The maximum absolute atomic E-state index is 12.9. The van der Waals surface area contributed by atoms with Crippen LogP contribution in [-0.2, 0) is 27.6 Å². The molecule has 140 valence electrons. The second kappa shape index (κ2) is 7.12. The Bertz CT molecular complexity index is 1000. The number of aryl methyl sites for hydroxylation is 1. The second-order valence-corrected chi connectivity index (χ2v) is 9.41. The zero-order valence-corrected chi connectivity index (χ0v) is 16.7. The number of hydrogen-bond acceptors (Lipinski definition) is 6. The highest BCUT2D eigenvalue weighted by Crippen LogP contribution is 2.34. The van der Waals surface area contributed by atoms with E-state index in [9.17, 15) is 8.76 Å². The zero-order chi connectivity index (χ0) is 19.0. The van der Waals surface area contributed by atoms with Crippen LogP contribution in [0.3, 0.4) is 0 Å². The average molecular weight is 402 g/mol. The summed E-state index contributed by atoms with van der Waals surface area (Å²) in [4.78, 5) is 9.18. The number of hydrogen-bond donors (Lipinski definition) is 0. The third-order valence-corrected chi connectivity index (χ3v) is 7.81. The summed E-state index contributed by atoms with van der Waals surface area (Å²) < 4.78 is 33.0. The molecule has 0 fully saturated rings. The van der Waals surface area contributed by atoms with Gasteiger partial charge in [0, 0.05) is 23.6 Å². The molecule has 27 heavy (non-hydrogen) atoms. The van der Waals surface area contributed by atoms with Gasteiger partial charge in [-0.3, -0.25) is 0 Å². The summed E-state index contributed by atoms with van der Waals surface area (Å²) >= 11 is 1.24. The molecule has 6 nitrogen and oxygen atoms in total. The van der Waals surface area contributed by atoms with Crippen LogP contribution in [-0.4, -0.2) is 32.5 Å². The van der Waals surface area contributed by atoms with E-state index < -0.39 is 10.4 Å². The Kier molecular flexibility index (Phi) is 4.81. The lowest BCUT2D eigenvalue weighted by atomic mass is 10.00. The van der Waals surface area contributed by atoms with E-state index in [1.807, 2.05) is 31.2 Å². The molecule has 4 rings (SSSR count). The fourth-order valence-corrected chi connectivity index (χ4v) is 5.80. The van der Waals surface area contributed by atoms with Crippen molar-refractivity contribution < 1.29 is 13.5 Å². The van der Waals surface area contributed by atoms with E-state index in [0.717, 1.165) is 28.3 Å². The number of nitrogens with zero attached hydrogens (tertiary/aromatic N) is 3. The van der Waals surface area contributed by atoms with Gasteiger partial charge in [0.1, 0.15) is 11.6 Å². The number of methoxy groups -OCH3 is 1. The minimum atomic E-state index is -3.50. The van der Waals surface area contributed by atoms with E-state index in [2.05, 4.69) is 9.97 Å². The molecule has 1 aliphatic heterocycles. The van der Waals surface area contributed by atoms with Gasteiger partial charge in [0.25, 0.3) is 0 Å². The van der Waals surface area contributed by atoms with Gasteiger partial charge in [-0.05, 0) is 42.6 Å². The summed E-state index contributed by atoms with van der Waals surface area (Å²) in [6.45, 7) is 2.56. The first-order chi connectivity index (χ1) is 13.0. The summed E-state index contributed by atoms with van der Waals surface area (Å²) in [5.74, 6) is 1.45. The molecular formula is C19H19N3O3S2. The van der Waals surface area contributed by atoms with Crippen LogP contribution >= 0.6 is 11.3 Å². The van der Waals surface area contributed by atoms with Crippen molar-refractivity contribution in [3.05, 3.63) is 58.9 Å². The van der Waals surface area contributed by atoms with Crippen LogP contribution in [0.2, 0.25) is 0 Å². The Morgan fingerprint density at radius 2 is 2.00 bits per heavy atom. The molecular weight excluding hydrogens is 382 g/mol. The summed E-state index contributed by atoms with van der Waals surface area (Å²) in [5, 5.41) is 1.78. The van der Waals surface area contributed by atoms with Crippen LogP contribution in [0.5, 0.6) is 5.75 Å². The molecule has 2 aromatic heterocycles. The van der Waals surface area contributed by atoms with Crippen molar-refractivity contribution in [1.29, 1.82) is 0 Å². The normalized spacial score (nSPS) is 16.6. The van der Waals surface area contributed by atoms with Gasteiger partial charge >= 0.3 is 0 Å². The molecule has 1 aliphatic rings. The lowest BCUT2D eigenvalue weighted by molar-refractivity contribution is 0.339. The molecule has 1 unspecified atom stereocenters. The molecule has 0 amide bonds. The molecule has 0 radical (unpaired) electrons. The van der Waals surface area contributed by atoms with Crippen molar-refractivity contribution in [3.63, 3.8) is 0 Å². The Hall–Kier alpha value is -2.13. The lowest BCUT2D eigenvalue weighted by Crippen LogP contribution is -2.40. The third-order valence-electron chi connectivity index (χ3n) is 4.59. The van der Waals surface area contributed by atoms with Gasteiger partial charge in [0.2, 0.25) is 4.21 Å². The predicted molar refractivity (Wildman–Crippen MR) is 104 cm³/mol. The van der Waals surface area contributed by atoms with Crippen molar-refractivity contribution in [2.45, 2.75) is 24.1 Å². The van der Waals surface area contributed by atoms with Crippen LogP contribution in [0, 0.1) is 6.92 Å². The van der Waals surface area contributed by atoms with Crippen LogP contribution in [0.4, 0.5) is 0 Å². The maximum atomic E-state index is 12.9. The Morgan fingerprint density at radius 3 is 2.67 bits per heavy atom. The topological polar surface area (TPSA) is 78.4 Å². The summed E-state index contributed by atoms with van der Waals surface area (Å²) in [6, 6.07) is 11.0. The highest BCUT2D eigenvalue weighted by atomic mass is 32.3. The van der Waals surface area contributed by atoms with Crippen molar-refractivity contribution in [3.8, 4) is 17.0 Å². The molecule has 3 heterocycles. The standard InChI is InChI=1S/C19H19N3O3S2/c1-13-20-17-9-10-22(27(23,24)18-4-3-11-26-18)12-16(17)19(21-13)14-5-7-15(25-2)8-6-14/h3-8,11H,9-10,12H2,1-2H3. The molecule has 0 N–H and O–H groups in total. The highest BCUT2D eigenvalue weighted by Gasteiger charge is 2.36. The Morgan fingerprint density at radius 1 is 1.22 bits per heavy atom. The fraction of sp³-hybridized carbons (Fsp3) is 0.263. The zero-order valence-electron chi connectivity index (χ0n) is 15.0. The quantitative estimate of drug-likeness (QED) is 0.626. The molecule has 1 atom stereocenters. The van der Waals surface area contributed by atoms with E-state index >= 15 is 0 Å². The number of ether oxygens (including phenoxy) is 1. The minimum absolute atomic E-state index is 0.275. The van der Waals surface area contributed by atoms with Gasteiger partial charge < -0.3 is 9.29 Å². The maximum Gasteiger partial charge on any atom is 0.229 e. The molecule has 0 aliphatic carbocycles. The first kappa shape index (κ1) is 18.2. The first-order valence-electron chi connectivity index (χ1n) is 8.53. The van der Waals surface area contributed by atoms with Crippen LogP contribution in [0.25, 0.3) is 11.3 Å². The SMILES string of the molecule is COc1ccc(-c2nc(C)nc3c2CN([S+](=O)([O-])c2cccs2)CC3)cc1. The smallest absolute Gasteiger partial charge is 0.229 e. The number of rotatable bonds is 4. The molecule has 3 aromatic rings. The van der Waals surface area contributed by atoms with Crippen molar-refractivity contribution in [2.24, 2.45) is 0 Å². The summed E-state index contributed by atoms with van der Waals surface area (Å²) in [6.07, 6.45) is 0.576. The highest BCUT2D eigenvalue weighted by molar-refractivity contribution is 7.97. The van der Waals surface area contributed by atoms with E-state index in [-0.39, 0.29) is 6.54 Å². The second-order valence-electron chi connectivity index (χ2n) is 6.29. The molecule has 0 saturated heterocycles. The first-order valence-corrected chi connectivity index (χ1v) is 10.9. The minimum Gasteiger partial charge on any atom is -0.592 e. The fourth-order valence-electron chi connectivity index (χ4n) is 3.24. The molecule has 0 saturated carbocycles. The number of sulfonamides is 1. The molecule has 0 bridgehead atoms. The number of aromatic nitrogens is 2.